The highest BCUT2D eigenvalue weighted by Gasteiger charge is 2.54. The lowest BCUT2D eigenvalue weighted by atomic mass is 9.65. The number of ether oxygens (including phenoxy) is 1. The molecule has 2 bridgehead atoms. The van der Waals surface area contributed by atoms with Crippen molar-refractivity contribution < 1.29 is 9.53 Å². The fourth-order valence-electron chi connectivity index (χ4n) is 7.99. The molecule has 188 valence electrons. The molecule has 35 heavy (non-hydrogen) atoms. The molecule has 1 aromatic carbocycles. The molecule has 5 aliphatic rings. The van der Waals surface area contributed by atoms with E-state index < -0.39 is 0 Å². The maximum absolute atomic E-state index is 14.5. The highest BCUT2D eigenvalue weighted by molar-refractivity contribution is 6.28. The Morgan fingerprint density at radius 2 is 1.89 bits per heavy atom. The van der Waals surface area contributed by atoms with Gasteiger partial charge in [-0.2, -0.15) is 0 Å². The van der Waals surface area contributed by atoms with Gasteiger partial charge in [0, 0.05) is 43.4 Å². The monoisotopic (exact) mass is 494 g/mol. The van der Waals surface area contributed by atoms with Gasteiger partial charge < -0.3 is 15.0 Å². The first-order valence-corrected chi connectivity index (χ1v) is 14.3. The average molecular weight is 495 g/mol. The van der Waals surface area contributed by atoms with Gasteiger partial charge in [0.15, 0.2) is 5.22 Å². The summed E-state index contributed by atoms with van der Waals surface area (Å²) in [6.07, 6.45) is 16.0. The van der Waals surface area contributed by atoms with E-state index in [1.807, 2.05) is 0 Å². The zero-order chi connectivity index (χ0) is 23.8. The number of piperidine rings is 1. The van der Waals surface area contributed by atoms with Crippen molar-refractivity contribution in [3.8, 4) is 0 Å². The smallest absolute Gasteiger partial charge is 0.227 e. The summed E-state index contributed by atoms with van der Waals surface area (Å²) in [6, 6.07) is 11.4. The number of benzene rings is 1. The van der Waals surface area contributed by atoms with Crippen LogP contribution in [-0.4, -0.2) is 36.5 Å². The van der Waals surface area contributed by atoms with Crippen LogP contribution in [0.25, 0.3) is 0 Å². The van der Waals surface area contributed by atoms with E-state index >= 15 is 0 Å². The summed E-state index contributed by atoms with van der Waals surface area (Å²) in [5, 5.41) is 4.12. The van der Waals surface area contributed by atoms with Gasteiger partial charge in [-0.25, -0.2) is 0 Å². The largest absolute Gasteiger partial charge is 0.450 e. The number of hydrogen-bond donors (Lipinski definition) is 1. The van der Waals surface area contributed by atoms with Gasteiger partial charge in [-0.05, 0) is 79.7 Å². The van der Waals surface area contributed by atoms with E-state index in [1.54, 1.807) is 0 Å². The summed E-state index contributed by atoms with van der Waals surface area (Å²) in [4.78, 5) is 16.9. The summed E-state index contributed by atoms with van der Waals surface area (Å²) < 4.78 is 5.77. The Bertz CT molecular complexity index is 985. The Kier molecular flexibility index (Phi) is 6.70. The van der Waals surface area contributed by atoms with Gasteiger partial charge in [0.1, 0.15) is 5.76 Å². The lowest BCUT2D eigenvalue weighted by molar-refractivity contribution is -0.145. The number of fused-ring (bicyclic) bond motifs is 2. The topological polar surface area (TPSA) is 41.6 Å². The number of nitrogens with zero attached hydrogens (tertiary/aromatic N) is 1. The number of nitrogens with one attached hydrogen (secondary N) is 1. The Labute approximate surface area is 215 Å². The quantitative estimate of drug-likeness (QED) is 0.533. The molecule has 3 aliphatic heterocycles. The van der Waals surface area contributed by atoms with Crippen LogP contribution in [0.5, 0.6) is 0 Å². The third kappa shape index (κ3) is 4.46. The molecule has 1 spiro atoms. The molecule has 1 aromatic rings. The number of halogens is 1. The van der Waals surface area contributed by atoms with Crippen LogP contribution in [0.1, 0.15) is 75.7 Å². The number of amides is 1. The first-order valence-electron chi connectivity index (χ1n) is 14.0. The third-order valence-electron chi connectivity index (χ3n) is 9.82. The van der Waals surface area contributed by atoms with Crippen molar-refractivity contribution >= 4 is 17.5 Å². The zero-order valence-corrected chi connectivity index (χ0v) is 21.5. The molecule has 1 amide bonds. The van der Waals surface area contributed by atoms with Gasteiger partial charge in [-0.3, -0.25) is 4.79 Å². The van der Waals surface area contributed by atoms with Gasteiger partial charge >= 0.3 is 0 Å². The Morgan fingerprint density at radius 1 is 1.06 bits per heavy atom. The van der Waals surface area contributed by atoms with Crippen molar-refractivity contribution in [3.05, 3.63) is 59.0 Å². The second-order valence-electron chi connectivity index (χ2n) is 11.6. The number of allylic oxidation sites excluding steroid dienone is 3. The average Bonchev–Trinajstić information content (AvgIpc) is 3.28. The molecule has 2 saturated heterocycles. The fourth-order valence-corrected chi connectivity index (χ4v) is 8.23. The van der Waals surface area contributed by atoms with Crippen molar-refractivity contribution in [1.82, 2.24) is 10.2 Å². The molecule has 1 N–H and O–H groups in total. The molecule has 0 aromatic heterocycles. The normalized spacial score (nSPS) is 35.7. The predicted octanol–water partition coefficient (Wildman–Crippen LogP) is 6.34. The maximum Gasteiger partial charge on any atom is 0.227 e. The predicted molar refractivity (Wildman–Crippen MR) is 140 cm³/mol. The maximum atomic E-state index is 14.5. The molecule has 1 saturated carbocycles. The summed E-state index contributed by atoms with van der Waals surface area (Å²) in [6.45, 7) is 2.55. The summed E-state index contributed by atoms with van der Waals surface area (Å²) in [5.41, 5.74) is 1.35. The van der Waals surface area contributed by atoms with E-state index in [2.05, 4.69) is 52.7 Å². The van der Waals surface area contributed by atoms with Crippen LogP contribution in [0.4, 0.5) is 0 Å². The number of hydrogen-bond acceptors (Lipinski definition) is 3. The standard InChI is InChI=1S/C30H39ClN2O2/c31-28-18-24-17-25(35-28)12-7-14-30(24)20-32-19-26(30)29(34)33-15-13-23(21-8-3-1-4-9-21)16-27(33)22-10-5-2-6-11-22/h1,3-4,8-9,17-18,22-24,26-27,32H,2,5-7,10-16,19-20H2/t23-,24?,26+,27+,30+/m1/s1. The fraction of sp³-hybridized carbons (Fsp3) is 0.633. The molecular weight excluding hydrogens is 456 g/mol. The first-order chi connectivity index (χ1) is 17.1. The number of likely N-dealkylation sites (tertiary alicyclic amines) is 1. The van der Waals surface area contributed by atoms with Gasteiger partial charge in [0.2, 0.25) is 5.91 Å². The minimum absolute atomic E-state index is 0.00119. The summed E-state index contributed by atoms with van der Waals surface area (Å²) in [5.74, 6) is 2.75. The van der Waals surface area contributed by atoms with Crippen LogP contribution in [0.3, 0.4) is 0 Å². The van der Waals surface area contributed by atoms with Crippen molar-refractivity contribution in [2.75, 3.05) is 19.6 Å². The van der Waals surface area contributed by atoms with Gasteiger partial charge in [-0.1, -0.05) is 49.6 Å². The van der Waals surface area contributed by atoms with E-state index in [0.29, 0.717) is 29.0 Å². The van der Waals surface area contributed by atoms with Gasteiger partial charge in [0.25, 0.3) is 0 Å². The molecule has 6 rings (SSSR count). The van der Waals surface area contributed by atoms with E-state index in [-0.39, 0.29) is 17.3 Å². The van der Waals surface area contributed by atoms with Crippen molar-refractivity contribution in [3.63, 3.8) is 0 Å². The molecule has 1 unspecified atom stereocenters. The lowest BCUT2D eigenvalue weighted by Crippen LogP contribution is -2.54. The minimum atomic E-state index is -0.101. The molecule has 4 nitrogen and oxygen atoms in total. The van der Waals surface area contributed by atoms with Crippen LogP contribution >= 0.6 is 11.6 Å². The van der Waals surface area contributed by atoms with Crippen molar-refractivity contribution in [2.24, 2.45) is 23.2 Å². The zero-order valence-electron chi connectivity index (χ0n) is 20.8. The van der Waals surface area contributed by atoms with E-state index in [4.69, 9.17) is 16.3 Å². The highest BCUT2D eigenvalue weighted by atomic mass is 35.5. The summed E-state index contributed by atoms with van der Waals surface area (Å²) >= 11 is 6.41. The van der Waals surface area contributed by atoms with Crippen molar-refractivity contribution in [1.29, 1.82) is 0 Å². The molecule has 0 radical (unpaired) electrons. The molecule has 5 atom stereocenters. The minimum Gasteiger partial charge on any atom is -0.450 e. The first kappa shape index (κ1) is 23.6. The van der Waals surface area contributed by atoms with E-state index in [0.717, 1.165) is 57.5 Å². The van der Waals surface area contributed by atoms with E-state index in [1.165, 1.54) is 37.7 Å². The van der Waals surface area contributed by atoms with Crippen LogP contribution in [0.2, 0.25) is 0 Å². The van der Waals surface area contributed by atoms with Crippen LogP contribution in [0, 0.1) is 23.2 Å². The van der Waals surface area contributed by atoms with Gasteiger partial charge in [0.05, 0.1) is 5.92 Å². The van der Waals surface area contributed by atoms with Gasteiger partial charge in [-0.15, -0.1) is 0 Å². The molecule has 5 heteroatoms. The molecule has 2 aliphatic carbocycles. The third-order valence-corrected chi connectivity index (χ3v) is 10.0. The Morgan fingerprint density at radius 3 is 2.71 bits per heavy atom. The molecule has 3 fully saturated rings. The second kappa shape index (κ2) is 9.94. The number of rotatable bonds is 3. The molecule has 3 heterocycles. The van der Waals surface area contributed by atoms with Crippen LogP contribution in [-0.2, 0) is 9.53 Å². The lowest BCUT2D eigenvalue weighted by Gasteiger charge is -2.48. The molecular formula is C30H39ClN2O2. The Hall–Kier alpha value is -1.78. The highest BCUT2D eigenvalue weighted by Crippen LogP contribution is 2.51. The van der Waals surface area contributed by atoms with Crippen LogP contribution in [0.15, 0.2) is 53.5 Å². The number of carbonyl (C=O) groups excluding carboxylic acids is 1. The van der Waals surface area contributed by atoms with Crippen molar-refractivity contribution in [2.45, 2.75) is 76.2 Å². The number of carbonyl (C=O) groups is 1. The second-order valence-corrected chi connectivity index (χ2v) is 12.0. The SMILES string of the molecule is O=C([C@@H]1CNC[C@]12CCCC1=CC2C=C(Cl)O1)N1CC[C@@H](c2ccccc2)C[C@H]1C1CCCCC1. The Balaban J connectivity index is 1.28. The van der Waals surface area contributed by atoms with E-state index in [9.17, 15) is 4.79 Å². The summed E-state index contributed by atoms with van der Waals surface area (Å²) in [7, 11) is 0. The van der Waals surface area contributed by atoms with Crippen LogP contribution < -0.4 is 5.32 Å².